The fourth-order valence-electron chi connectivity index (χ4n) is 5.16. The van der Waals surface area contributed by atoms with Gasteiger partial charge < -0.3 is 25.6 Å². The van der Waals surface area contributed by atoms with Crippen LogP contribution in [0.15, 0.2) is 41.4 Å². The smallest absolute Gasteiger partial charge is 0.309 e. The predicted molar refractivity (Wildman–Crippen MR) is 143 cm³/mol. The highest BCUT2D eigenvalue weighted by atomic mass is 32.2. The second kappa shape index (κ2) is 12.5. The number of nitrogens with zero attached hydrogens (tertiary/aromatic N) is 2. The molecule has 0 spiro atoms. The number of aliphatic hydroxyl groups excluding tert-OH is 1. The van der Waals surface area contributed by atoms with Crippen molar-refractivity contribution in [3.05, 3.63) is 65.1 Å². The average Bonchev–Trinajstić information content (AvgIpc) is 2.94. The number of nitrogens with two attached hydrogens (primary N) is 1. The summed E-state index contributed by atoms with van der Waals surface area (Å²) in [5.41, 5.74) is 6.99. The summed E-state index contributed by atoms with van der Waals surface area (Å²) in [4.78, 5) is 19.2. The number of hydrogen-bond acceptors (Lipinski definition) is 7. The van der Waals surface area contributed by atoms with Crippen molar-refractivity contribution in [3.8, 4) is 5.75 Å². The van der Waals surface area contributed by atoms with Gasteiger partial charge in [0.1, 0.15) is 5.75 Å². The summed E-state index contributed by atoms with van der Waals surface area (Å²) in [7, 11) is 1.56. The maximum atomic E-state index is 13.4. The Balaban J connectivity index is 1.38. The monoisotopic (exact) mass is 563 g/mol. The first kappa shape index (κ1) is 29.1. The van der Waals surface area contributed by atoms with E-state index in [4.69, 9.17) is 10.5 Å². The number of ether oxygens (including phenoxy) is 1. The molecule has 1 aliphatic rings. The summed E-state index contributed by atoms with van der Waals surface area (Å²) in [5.74, 6) is -3.68. The molecule has 4 N–H and O–H groups in total. The Hall–Kier alpha value is -2.86. The molecule has 1 aromatic heterocycles. The standard InChI is InChI=1S/C28H32F3N3O4S/c1-38-18-2-3-23-20(12-18)25(17(15-32)16-33-23)24(35)4-5-28(27(36)37)6-8-34(9-7-28)10-11-39-19-13-21(29)26(31)22(30)14-19/h2-3,12-14,16,24,35H,4-11,15,32H2,1H3,(H,36,37). The van der Waals surface area contributed by atoms with E-state index < -0.39 is 34.9 Å². The van der Waals surface area contributed by atoms with Crippen LogP contribution in [0.5, 0.6) is 5.75 Å². The maximum absolute atomic E-state index is 13.4. The van der Waals surface area contributed by atoms with Gasteiger partial charge in [0.25, 0.3) is 0 Å². The first-order chi connectivity index (χ1) is 18.7. The molecule has 210 valence electrons. The summed E-state index contributed by atoms with van der Waals surface area (Å²) in [6.07, 6.45) is 2.07. The topological polar surface area (TPSA) is 109 Å². The van der Waals surface area contributed by atoms with Crippen molar-refractivity contribution in [2.24, 2.45) is 11.1 Å². The Morgan fingerprint density at radius 2 is 1.90 bits per heavy atom. The molecule has 7 nitrogen and oxygen atoms in total. The van der Waals surface area contributed by atoms with Crippen molar-refractivity contribution in [1.29, 1.82) is 0 Å². The zero-order valence-electron chi connectivity index (χ0n) is 21.6. The Kier molecular flexibility index (Phi) is 9.37. The molecule has 1 aliphatic heterocycles. The number of rotatable bonds is 11. The van der Waals surface area contributed by atoms with E-state index >= 15 is 0 Å². The van der Waals surface area contributed by atoms with Crippen molar-refractivity contribution in [3.63, 3.8) is 0 Å². The van der Waals surface area contributed by atoms with Crippen LogP contribution in [0.25, 0.3) is 10.9 Å². The maximum Gasteiger partial charge on any atom is 0.309 e. The van der Waals surface area contributed by atoms with Gasteiger partial charge in [-0.25, -0.2) is 13.2 Å². The number of pyridine rings is 1. The molecule has 1 atom stereocenters. The minimum absolute atomic E-state index is 0.181. The van der Waals surface area contributed by atoms with E-state index in [2.05, 4.69) is 9.88 Å². The highest BCUT2D eigenvalue weighted by molar-refractivity contribution is 7.99. The molecule has 39 heavy (non-hydrogen) atoms. The lowest BCUT2D eigenvalue weighted by molar-refractivity contribution is -0.153. The predicted octanol–water partition coefficient (Wildman–Crippen LogP) is 4.89. The average molecular weight is 564 g/mol. The summed E-state index contributed by atoms with van der Waals surface area (Å²) in [5, 5.41) is 22.1. The van der Waals surface area contributed by atoms with Crippen molar-refractivity contribution in [2.75, 3.05) is 32.5 Å². The van der Waals surface area contributed by atoms with Gasteiger partial charge in [-0.15, -0.1) is 11.8 Å². The quantitative estimate of drug-likeness (QED) is 0.224. The first-order valence-electron chi connectivity index (χ1n) is 12.7. The number of thioether (sulfide) groups is 1. The molecule has 4 rings (SSSR count). The number of carboxylic acid groups (broad SMARTS) is 1. The number of carbonyl (C=O) groups is 1. The number of likely N-dealkylation sites (tertiary alicyclic amines) is 1. The lowest BCUT2D eigenvalue weighted by atomic mass is 9.74. The number of aromatic nitrogens is 1. The fourth-order valence-corrected chi connectivity index (χ4v) is 6.12. The highest BCUT2D eigenvalue weighted by Gasteiger charge is 2.41. The molecule has 2 heterocycles. The van der Waals surface area contributed by atoms with Crippen LogP contribution >= 0.6 is 11.8 Å². The van der Waals surface area contributed by atoms with Gasteiger partial charge in [0.2, 0.25) is 0 Å². The van der Waals surface area contributed by atoms with Gasteiger partial charge in [-0.1, -0.05) is 0 Å². The number of methoxy groups -OCH3 is 1. The molecular formula is C28H32F3N3O4S. The highest BCUT2D eigenvalue weighted by Crippen LogP contribution is 2.40. The summed E-state index contributed by atoms with van der Waals surface area (Å²) >= 11 is 1.21. The SMILES string of the molecule is COc1ccc2ncc(CN)c(C(O)CCC3(C(=O)O)CCN(CCSc4cc(F)c(F)c(F)c4)CC3)c2c1. The van der Waals surface area contributed by atoms with Gasteiger partial charge in [-0.05, 0) is 80.2 Å². The Morgan fingerprint density at radius 3 is 2.51 bits per heavy atom. The molecule has 1 unspecified atom stereocenters. The summed E-state index contributed by atoms with van der Waals surface area (Å²) in [6.45, 7) is 1.85. The fraction of sp³-hybridized carbons (Fsp3) is 0.429. The van der Waals surface area contributed by atoms with E-state index in [0.29, 0.717) is 65.5 Å². The molecule has 0 radical (unpaired) electrons. The number of aliphatic hydroxyl groups is 1. The number of carboxylic acids is 1. The van der Waals surface area contributed by atoms with Crippen LogP contribution in [0.4, 0.5) is 13.2 Å². The van der Waals surface area contributed by atoms with Crippen LogP contribution in [-0.2, 0) is 11.3 Å². The van der Waals surface area contributed by atoms with Gasteiger partial charge in [0, 0.05) is 35.3 Å². The second-order valence-corrected chi connectivity index (χ2v) is 11.0. The molecule has 0 aliphatic carbocycles. The Bertz CT molecular complexity index is 1310. The Labute approximate surface area is 229 Å². The number of halogens is 3. The number of hydrogen-bond donors (Lipinski definition) is 3. The number of fused-ring (bicyclic) bond motifs is 1. The van der Waals surface area contributed by atoms with E-state index in [9.17, 15) is 28.2 Å². The summed E-state index contributed by atoms with van der Waals surface area (Å²) < 4.78 is 45.4. The third-order valence-electron chi connectivity index (χ3n) is 7.55. The lowest BCUT2D eigenvalue weighted by Crippen LogP contribution is -2.45. The second-order valence-electron chi connectivity index (χ2n) is 9.82. The van der Waals surface area contributed by atoms with Gasteiger partial charge in [0.15, 0.2) is 17.5 Å². The first-order valence-corrected chi connectivity index (χ1v) is 13.7. The van der Waals surface area contributed by atoms with Crippen molar-refractivity contribution < 1.29 is 32.9 Å². The molecule has 0 saturated carbocycles. The van der Waals surface area contributed by atoms with Crippen LogP contribution in [0.2, 0.25) is 0 Å². The van der Waals surface area contributed by atoms with Crippen molar-refractivity contribution in [1.82, 2.24) is 9.88 Å². The van der Waals surface area contributed by atoms with E-state index in [1.54, 1.807) is 31.5 Å². The van der Waals surface area contributed by atoms with Crippen LogP contribution in [0.3, 0.4) is 0 Å². The molecule has 0 amide bonds. The number of piperidine rings is 1. The third kappa shape index (κ3) is 6.49. The molecule has 3 aromatic rings. The van der Waals surface area contributed by atoms with Gasteiger partial charge >= 0.3 is 5.97 Å². The van der Waals surface area contributed by atoms with Gasteiger partial charge in [-0.3, -0.25) is 9.78 Å². The Morgan fingerprint density at radius 1 is 1.21 bits per heavy atom. The minimum Gasteiger partial charge on any atom is -0.497 e. The van der Waals surface area contributed by atoms with Crippen LogP contribution in [0.1, 0.15) is 42.9 Å². The molecule has 1 fully saturated rings. The lowest BCUT2D eigenvalue weighted by Gasteiger charge is -2.39. The van der Waals surface area contributed by atoms with Gasteiger partial charge in [-0.2, -0.15) is 0 Å². The van der Waals surface area contributed by atoms with E-state index in [-0.39, 0.29) is 19.4 Å². The van der Waals surface area contributed by atoms with E-state index in [1.165, 1.54) is 11.8 Å². The number of benzene rings is 2. The van der Waals surface area contributed by atoms with Gasteiger partial charge in [0.05, 0.1) is 24.1 Å². The van der Waals surface area contributed by atoms with E-state index in [0.717, 1.165) is 17.5 Å². The molecule has 2 aromatic carbocycles. The van der Waals surface area contributed by atoms with Crippen LogP contribution in [0, 0.1) is 22.9 Å². The number of aliphatic carboxylic acids is 1. The minimum atomic E-state index is -1.48. The zero-order valence-corrected chi connectivity index (χ0v) is 22.4. The van der Waals surface area contributed by atoms with Crippen LogP contribution in [-0.4, -0.2) is 58.6 Å². The molecule has 0 bridgehead atoms. The van der Waals surface area contributed by atoms with E-state index in [1.807, 2.05) is 0 Å². The van der Waals surface area contributed by atoms with Crippen molar-refractivity contribution in [2.45, 2.75) is 43.2 Å². The third-order valence-corrected chi connectivity index (χ3v) is 8.50. The molecule has 11 heteroatoms. The van der Waals surface area contributed by atoms with Crippen molar-refractivity contribution >= 4 is 28.6 Å². The van der Waals surface area contributed by atoms with Crippen LogP contribution < -0.4 is 10.5 Å². The molecular weight excluding hydrogens is 531 g/mol. The molecule has 1 saturated heterocycles. The zero-order chi connectivity index (χ0) is 28.2. The summed E-state index contributed by atoms with van der Waals surface area (Å²) in [6, 6.07) is 7.34. The largest absolute Gasteiger partial charge is 0.497 e. The normalized spacial score (nSPS) is 16.4.